The Balaban J connectivity index is 2.97. The van der Waals surface area contributed by atoms with Crippen LogP contribution >= 0.6 is 0 Å². The third-order valence-electron chi connectivity index (χ3n) is 2.20. The summed E-state index contributed by atoms with van der Waals surface area (Å²) in [6, 6.07) is 4.55. The van der Waals surface area contributed by atoms with E-state index in [0.717, 1.165) is 0 Å². The standard InChI is InChI=1S/C11H15NO4/c1-15-8-3-7(4-9(5-8)16-2)10(12)6-11(13)14/h3-5,10H,6,12H2,1-2H3,(H,13,14)/t10-/m0/s1. The van der Waals surface area contributed by atoms with Crippen LogP contribution < -0.4 is 15.2 Å². The predicted molar refractivity (Wildman–Crippen MR) is 58.7 cm³/mol. The quantitative estimate of drug-likeness (QED) is 0.786. The average molecular weight is 225 g/mol. The van der Waals surface area contributed by atoms with Gasteiger partial charge in [0.2, 0.25) is 0 Å². The monoisotopic (exact) mass is 225 g/mol. The summed E-state index contributed by atoms with van der Waals surface area (Å²) in [7, 11) is 3.06. The topological polar surface area (TPSA) is 81.8 Å². The maximum absolute atomic E-state index is 10.5. The third kappa shape index (κ3) is 3.13. The summed E-state index contributed by atoms with van der Waals surface area (Å²) in [5.74, 6) is 0.250. The number of methoxy groups -OCH3 is 2. The zero-order valence-electron chi connectivity index (χ0n) is 9.27. The number of hydrogen-bond acceptors (Lipinski definition) is 4. The van der Waals surface area contributed by atoms with Crippen molar-refractivity contribution in [3.8, 4) is 11.5 Å². The van der Waals surface area contributed by atoms with Crippen molar-refractivity contribution in [2.45, 2.75) is 12.5 Å². The van der Waals surface area contributed by atoms with Gasteiger partial charge in [-0.15, -0.1) is 0 Å². The molecule has 0 heterocycles. The summed E-state index contributed by atoms with van der Waals surface area (Å²) >= 11 is 0. The number of carboxylic acid groups (broad SMARTS) is 1. The molecular weight excluding hydrogens is 210 g/mol. The number of rotatable bonds is 5. The van der Waals surface area contributed by atoms with Crippen molar-refractivity contribution in [1.82, 2.24) is 0 Å². The van der Waals surface area contributed by atoms with Crippen molar-refractivity contribution in [2.24, 2.45) is 5.73 Å². The van der Waals surface area contributed by atoms with Crippen LogP contribution in [-0.4, -0.2) is 25.3 Å². The van der Waals surface area contributed by atoms with E-state index in [-0.39, 0.29) is 6.42 Å². The molecule has 0 radical (unpaired) electrons. The minimum Gasteiger partial charge on any atom is -0.497 e. The number of aliphatic carboxylic acids is 1. The zero-order chi connectivity index (χ0) is 12.1. The lowest BCUT2D eigenvalue weighted by Crippen LogP contribution is -2.15. The molecule has 0 saturated heterocycles. The molecule has 0 amide bonds. The molecule has 5 nitrogen and oxygen atoms in total. The molecular formula is C11H15NO4. The number of carbonyl (C=O) groups is 1. The number of hydrogen-bond donors (Lipinski definition) is 2. The lowest BCUT2D eigenvalue weighted by molar-refractivity contribution is -0.137. The molecule has 0 aliphatic carbocycles. The highest BCUT2D eigenvalue weighted by Crippen LogP contribution is 2.26. The Morgan fingerprint density at radius 1 is 1.31 bits per heavy atom. The second-order valence-corrected chi connectivity index (χ2v) is 3.35. The molecule has 0 aliphatic heterocycles. The molecule has 5 heteroatoms. The minimum absolute atomic E-state index is 0.129. The van der Waals surface area contributed by atoms with Crippen molar-refractivity contribution in [1.29, 1.82) is 0 Å². The first-order valence-electron chi connectivity index (χ1n) is 4.77. The highest BCUT2D eigenvalue weighted by molar-refractivity contribution is 5.68. The fourth-order valence-corrected chi connectivity index (χ4v) is 1.35. The van der Waals surface area contributed by atoms with Gasteiger partial charge in [0.25, 0.3) is 0 Å². The van der Waals surface area contributed by atoms with Gasteiger partial charge in [0.15, 0.2) is 0 Å². The predicted octanol–water partition coefficient (Wildman–Crippen LogP) is 1.18. The molecule has 0 saturated carbocycles. The van der Waals surface area contributed by atoms with Crippen molar-refractivity contribution in [3.63, 3.8) is 0 Å². The van der Waals surface area contributed by atoms with Crippen molar-refractivity contribution < 1.29 is 19.4 Å². The molecule has 88 valence electrons. The van der Waals surface area contributed by atoms with Crippen LogP contribution in [0.15, 0.2) is 18.2 Å². The van der Waals surface area contributed by atoms with Gasteiger partial charge in [0.05, 0.1) is 20.6 Å². The van der Waals surface area contributed by atoms with Crippen LogP contribution in [0.5, 0.6) is 11.5 Å². The molecule has 0 bridgehead atoms. The van der Waals surface area contributed by atoms with E-state index >= 15 is 0 Å². The lowest BCUT2D eigenvalue weighted by atomic mass is 10.0. The van der Waals surface area contributed by atoms with E-state index in [2.05, 4.69) is 0 Å². The van der Waals surface area contributed by atoms with E-state index in [1.807, 2.05) is 0 Å². The van der Waals surface area contributed by atoms with Crippen LogP contribution in [0.3, 0.4) is 0 Å². The van der Waals surface area contributed by atoms with Gasteiger partial charge in [-0.1, -0.05) is 0 Å². The van der Waals surface area contributed by atoms with Gasteiger partial charge in [-0.3, -0.25) is 4.79 Å². The van der Waals surface area contributed by atoms with Crippen LogP contribution in [0.4, 0.5) is 0 Å². The van der Waals surface area contributed by atoms with Gasteiger partial charge in [-0.05, 0) is 17.7 Å². The Labute approximate surface area is 93.8 Å². The number of carboxylic acids is 1. The second kappa shape index (κ2) is 5.37. The minimum atomic E-state index is -0.936. The zero-order valence-corrected chi connectivity index (χ0v) is 9.27. The summed E-state index contributed by atoms with van der Waals surface area (Å²) in [6.45, 7) is 0. The van der Waals surface area contributed by atoms with Gasteiger partial charge >= 0.3 is 5.97 Å². The summed E-state index contributed by atoms with van der Waals surface area (Å²) in [5.41, 5.74) is 6.43. The van der Waals surface area contributed by atoms with Gasteiger partial charge in [0, 0.05) is 12.1 Å². The van der Waals surface area contributed by atoms with E-state index in [4.69, 9.17) is 20.3 Å². The third-order valence-corrected chi connectivity index (χ3v) is 2.20. The van der Waals surface area contributed by atoms with Crippen molar-refractivity contribution >= 4 is 5.97 Å². The summed E-state index contributed by atoms with van der Waals surface area (Å²) in [6.07, 6.45) is -0.129. The molecule has 3 N–H and O–H groups in total. The fraction of sp³-hybridized carbons (Fsp3) is 0.364. The Kier molecular flexibility index (Phi) is 4.13. The Bertz CT molecular complexity index is 356. The van der Waals surface area contributed by atoms with Gasteiger partial charge in [-0.25, -0.2) is 0 Å². The number of ether oxygens (including phenoxy) is 2. The highest BCUT2D eigenvalue weighted by atomic mass is 16.5. The van der Waals surface area contributed by atoms with Crippen LogP contribution in [0.25, 0.3) is 0 Å². The van der Waals surface area contributed by atoms with Crippen molar-refractivity contribution in [2.75, 3.05) is 14.2 Å². The Morgan fingerprint density at radius 3 is 2.19 bits per heavy atom. The first kappa shape index (κ1) is 12.3. The molecule has 16 heavy (non-hydrogen) atoms. The Hall–Kier alpha value is -1.75. The molecule has 0 spiro atoms. The smallest absolute Gasteiger partial charge is 0.305 e. The van der Waals surface area contributed by atoms with Crippen LogP contribution in [0.1, 0.15) is 18.0 Å². The number of benzene rings is 1. The summed E-state index contributed by atoms with van der Waals surface area (Å²) in [4.78, 5) is 10.5. The SMILES string of the molecule is COc1cc(OC)cc([C@@H](N)CC(=O)O)c1. The van der Waals surface area contributed by atoms with Crippen molar-refractivity contribution in [3.05, 3.63) is 23.8 Å². The first-order chi connectivity index (χ1) is 7.56. The molecule has 0 aromatic heterocycles. The van der Waals surface area contributed by atoms with Gasteiger partial charge < -0.3 is 20.3 Å². The normalized spacial score (nSPS) is 11.9. The number of nitrogens with two attached hydrogens (primary N) is 1. The van der Waals surface area contributed by atoms with Crippen LogP contribution in [0, 0.1) is 0 Å². The lowest BCUT2D eigenvalue weighted by Gasteiger charge is -2.12. The molecule has 1 rings (SSSR count). The largest absolute Gasteiger partial charge is 0.497 e. The van der Waals surface area contributed by atoms with E-state index < -0.39 is 12.0 Å². The van der Waals surface area contributed by atoms with E-state index in [9.17, 15) is 4.79 Å². The summed E-state index contributed by atoms with van der Waals surface area (Å²) in [5, 5.41) is 8.66. The Morgan fingerprint density at radius 2 is 1.81 bits per heavy atom. The average Bonchev–Trinajstić information content (AvgIpc) is 2.27. The molecule has 0 aliphatic rings. The van der Waals surface area contributed by atoms with E-state index in [1.54, 1.807) is 18.2 Å². The molecule has 1 aromatic carbocycles. The molecule has 1 aromatic rings. The van der Waals surface area contributed by atoms with Gasteiger partial charge in [-0.2, -0.15) is 0 Å². The maximum Gasteiger partial charge on any atom is 0.305 e. The summed E-state index contributed by atoms with van der Waals surface area (Å²) < 4.78 is 10.1. The highest BCUT2D eigenvalue weighted by Gasteiger charge is 2.13. The molecule has 0 fully saturated rings. The van der Waals surface area contributed by atoms with E-state index in [0.29, 0.717) is 17.1 Å². The van der Waals surface area contributed by atoms with E-state index in [1.165, 1.54) is 14.2 Å². The van der Waals surface area contributed by atoms with Gasteiger partial charge in [0.1, 0.15) is 11.5 Å². The second-order valence-electron chi connectivity index (χ2n) is 3.35. The van der Waals surface area contributed by atoms with Crippen LogP contribution in [-0.2, 0) is 4.79 Å². The first-order valence-corrected chi connectivity index (χ1v) is 4.77. The van der Waals surface area contributed by atoms with Crippen LogP contribution in [0.2, 0.25) is 0 Å². The fourth-order valence-electron chi connectivity index (χ4n) is 1.35. The maximum atomic E-state index is 10.5. The molecule has 0 unspecified atom stereocenters. The molecule has 1 atom stereocenters.